The maximum Gasteiger partial charge on any atom is 0.396 e. The summed E-state index contributed by atoms with van der Waals surface area (Å²) in [6.45, 7) is 0. The third kappa shape index (κ3) is 3.47. The topological polar surface area (TPSA) is 97.6 Å². The zero-order valence-electron chi connectivity index (χ0n) is 16.3. The van der Waals surface area contributed by atoms with Crippen LogP contribution in [-0.2, 0) is 10.0 Å². The molecule has 5 aromatic rings. The van der Waals surface area contributed by atoms with Crippen molar-refractivity contribution >= 4 is 54.0 Å². The maximum absolute atomic E-state index is 13.7. The first-order valence-electron chi connectivity index (χ1n) is 9.46. The van der Waals surface area contributed by atoms with Crippen molar-refractivity contribution in [2.75, 3.05) is 4.31 Å². The molecule has 0 aliphatic rings. The highest BCUT2D eigenvalue weighted by Gasteiger charge is 2.32. The highest BCUT2D eigenvalue weighted by Crippen LogP contribution is 2.31. The minimum Gasteiger partial charge on any atom is -0.414 e. The van der Waals surface area contributed by atoms with Crippen molar-refractivity contribution in [2.45, 2.75) is 4.90 Å². The molecule has 0 spiro atoms. The van der Waals surface area contributed by atoms with Crippen molar-refractivity contribution in [3.63, 3.8) is 0 Å². The molecule has 0 fully saturated rings. The molecular formula is C23H14N2O5S2. The molecule has 0 N–H and O–H groups in total. The first kappa shape index (κ1) is 20.1. The number of pyridine rings is 1. The van der Waals surface area contributed by atoms with Gasteiger partial charge >= 0.3 is 4.94 Å². The lowest BCUT2D eigenvalue weighted by atomic mass is 10.1. The average Bonchev–Trinajstić information content (AvgIpc) is 3.18. The fourth-order valence-electron chi connectivity index (χ4n) is 3.39. The van der Waals surface area contributed by atoms with Crippen LogP contribution in [0.3, 0.4) is 0 Å². The molecule has 0 radical (unpaired) electrons. The lowest BCUT2D eigenvalue weighted by Crippen LogP contribution is -2.37. The summed E-state index contributed by atoms with van der Waals surface area (Å²) in [6, 6.07) is 19.5. The van der Waals surface area contributed by atoms with Gasteiger partial charge in [0.1, 0.15) is 5.58 Å². The van der Waals surface area contributed by atoms with Gasteiger partial charge in [0.05, 0.1) is 20.8 Å². The van der Waals surface area contributed by atoms with E-state index in [0.717, 1.165) is 26.4 Å². The van der Waals surface area contributed by atoms with Gasteiger partial charge in [-0.05, 0) is 53.2 Å². The largest absolute Gasteiger partial charge is 0.414 e. The van der Waals surface area contributed by atoms with Crippen LogP contribution in [0.25, 0.3) is 21.1 Å². The van der Waals surface area contributed by atoms with E-state index in [1.54, 1.807) is 18.2 Å². The van der Waals surface area contributed by atoms with E-state index >= 15 is 0 Å². The van der Waals surface area contributed by atoms with Gasteiger partial charge in [-0.3, -0.25) is 9.78 Å². The zero-order chi connectivity index (χ0) is 22.3. The molecule has 9 heteroatoms. The summed E-state index contributed by atoms with van der Waals surface area (Å²) in [5.74, 6) is -0.763. The molecule has 5 rings (SSSR count). The summed E-state index contributed by atoms with van der Waals surface area (Å²) in [5.41, 5.74) is 0.523. The number of anilines is 1. The average molecular weight is 463 g/mol. The smallest absolute Gasteiger partial charge is 0.396 e. The lowest BCUT2D eigenvalue weighted by molar-refractivity contribution is 0.100. The van der Waals surface area contributed by atoms with E-state index in [0.29, 0.717) is 10.3 Å². The Morgan fingerprint density at radius 3 is 2.53 bits per heavy atom. The first-order chi connectivity index (χ1) is 15.4. The second-order valence-electron chi connectivity index (χ2n) is 6.91. The Kier molecular flexibility index (Phi) is 4.84. The van der Waals surface area contributed by atoms with E-state index in [1.807, 2.05) is 18.2 Å². The number of sulfonamides is 1. The number of rotatable bonds is 4. The summed E-state index contributed by atoms with van der Waals surface area (Å²) in [4.78, 5) is 28.4. The van der Waals surface area contributed by atoms with Crippen LogP contribution in [0, 0.1) is 0 Å². The van der Waals surface area contributed by atoms with Crippen molar-refractivity contribution in [3.8, 4) is 0 Å². The summed E-state index contributed by atoms with van der Waals surface area (Å²) in [5, 5.41) is 1.60. The monoisotopic (exact) mass is 462 g/mol. The second kappa shape index (κ2) is 7.70. The molecule has 2 aromatic heterocycles. The predicted molar refractivity (Wildman–Crippen MR) is 123 cm³/mol. The van der Waals surface area contributed by atoms with Gasteiger partial charge in [-0.1, -0.05) is 41.7 Å². The zero-order valence-corrected chi connectivity index (χ0v) is 18.0. The molecule has 0 atom stereocenters. The summed E-state index contributed by atoms with van der Waals surface area (Å²) < 4.78 is 33.7. The van der Waals surface area contributed by atoms with E-state index in [4.69, 9.17) is 4.42 Å². The maximum atomic E-state index is 13.7. The second-order valence-corrected chi connectivity index (χ2v) is 9.67. The van der Waals surface area contributed by atoms with Crippen molar-refractivity contribution in [1.29, 1.82) is 0 Å². The summed E-state index contributed by atoms with van der Waals surface area (Å²) in [6.07, 6.45) is 2.80. The molecule has 1 amide bonds. The van der Waals surface area contributed by atoms with Crippen LogP contribution in [0.2, 0.25) is 0 Å². The van der Waals surface area contributed by atoms with Gasteiger partial charge in [-0.15, -0.1) is 0 Å². The van der Waals surface area contributed by atoms with Gasteiger partial charge < -0.3 is 4.42 Å². The van der Waals surface area contributed by atoms with Crippen LogP contribution in [0.4, 0.5) is 5.69 Å². The molecule has 0 saturated carbocycles. The van der Waals surface area contributed by atoms with Gasteiger partial charge in [0, 0.05) is 12.4 Å². The quantitative estimate of drug-likeness (QED) is 0.392. The minimum absolute atomic E-state index is 0.0334. The third-order valence-corrected chi connectivity index (χ3v) is 7.40. The summed E-state index contributed by atoms with van der Waals surface area (Å²) in [7, 11) is -4.30. The molecule has 32 heavy (non-hydrogen) atoms. The van der Waals surface area contributed by atoms with E-state index in [2.05, 4.69) is 4.98 Å². The van der Waals surface area contributed by atoms with Crippen molar-refractivity contribution in [3.05, 3.63) is 100 Å². The SMILES string of the molecule is O=C(c1cccnc1)N(c1ccc2oc(=O)sc2c1)S(=O)(=O)c1ccc2ccccc2c1. The molecule has 158 valence electrons. The van der Waals surface area contributed by atoms with Gasteiger partial charge in [0.15, 0.2) is 0 Å². The Morgan fingerprint density at radius 2 is 1.75 bits per heavy atom. The van der Waals surface area contributed by atoms with Gasteiger partial charge in [0.25, 0.3) is 15.9 Å². The number of carbonyl (C=O) groups is 1. The van der Waals surface area contributed by atoms with Crippen LogP contribution in [0.1, 0.15) is 10.4 Å². The molecule has 0 aliphatic heterocycles. The molecule has 0 saturated heterocycles. The van der Waals surface area contributed by atoms with Crippen LogP contribution < -0.4 is 9.24 Å². The fourth-order valence-corrected chi connectivity index (χ4v) is 5.54. The normalized spacial score (nSPS) is 11.6. The Bertz CT molecular complexity index is 1640. The highest BCUT2D eigenvalue weighted by atomic mass is 32.2. The Labute approximate surface area is 186 Å². The van der Waals surface area contributed by atoms with Gasteiger partial charge in [0.2, 0.25) is 0 Å². The van der Waals surface area contributed by atoms with Crippen molar-refractivity contribution in [1.82, 2.24) is 4.98 Å². The first-order valence-corrected chi connectivity index (χ1v) is 11.7. The van der Waals surface area contributed by atoms with Crippen LogP contribution in [0.5, 0.6) is 0 Å². The third-order valence-electron chi connectivity index (χ3n) is 4.90. The predicted octanol–water partition coefficient (Wildman–Crippen LogP) is 4.44. The van der Waals surface area contributed by atoms with Crippen molar-refractivity contribution in [2.24, 2.45) is 0 Å². The van der Waals surface area contributed by atoms with Gasteiger partial charge in [-0.2, -0.15) is 4.31 Å². The van der Waals surface area contributed by atoms with Crippen LogP contribution >= 0.6 is 11.3 Å². The molecule has 7 nitrogen and oxygen atoms in total. The minimum atomic E-state index is -4.30. The number of carbonyl (C=O) groups excluding carboxylic acids is 1. The lowest BCUT2D eigenvalue weighted by Gasteiger charge is -2.23. The standard InChI is InChI=1S/C23H14N2O5S2/c26-22(17-6-3-11-24-14-17)25(18-8-10-20-21(13-18)31-23(27)30-20)32(28,29)19-9-7-15-4-1-2-5-16(15)12-19/h1-14H. The van der Waals surface area contributed by atoms with E-state index in [-0.39, 0.29) is 16.1 Å². The number of fused-ring (bicyclic) bond motifs is 2. The highest BCUT2D eigenvalue weighted by molar-refractivity contribution is 7.93. The number of amides is 1. The fraction of sp³-hybridized carbons (Fsp3) is 0. The van der Waals surface area contributed by atoms with Crippen LogP contribution in [-0.4, -0.2) is 19.3 Å². The van der Waals surface area contributed by atoms with E-state index in [1.165, 1.54) is 48.8 Å². The van der Waals surface area contributed by atoms with Gasteiger partial charge in [-0.25, -0.2) is 13.2 Å². The Morgan fingerprint density at radius 1 is 0.938 bits per heavy atom. The number of benzene rings is 3. The summed E-state index contributed by atoms with van der Waals surface area (Å²) >= 11 is 0.832. The number of nitrogens with zero attached hydrogens (tertiary/aromatic N) is 2. The molecule has 0 bridgehead atoms. The van der Waals surface area contributed by atoms with E-state index < -0.39 is 20.9 Å². The molecule has 3 aromatic carbocycles. The molecule has 2 heterocycles. The molecular weight excluding hydrogens is 448 g/mol. The Balaban J connectivity index is 1.71. The van der Waals surface area contributed by atoms with Crippen molar-refractivity contribution < 1.29 is 17.6 Å². The number of hydrogen-bond donors (Lipinski definition) is 0. The van der Waals surface area contributed by atoms with Crippen LogP contribution in [0.15, 0.2) is 99.3 Å². The number of aromatic nitrogens is 1. The molecule has 0 unspecified atom stereocenters. The Hall–Kier alpha value is -3.82. The van der Waals surface area contributed by atoms with E-state index in [9.17, 15) is 18.0 Å². The number of hydrogen-bond acceptors (Lipinski definition) is 7. The molecule has 0 aliphatic carbocycles.